The van der Waals surface area contributed by atoms with Gasteiger partial charge in [0.2, 0.25) is 6.79 Å². The van der Waals surface area contributed by atoms with Crippen LogP contribution in [0.5, 0.6) is 5.75 Å². The highest BCUT2D eigenvalue weighted by Gasteiger charge is 2.08. The molecular weight excluding hydrogens is 352 g/mol. The van der Waals surface area contributed by atoms with E-state index in [1.165, 1.54) is 0 Å². The highest BCUT2D eigenvalue weighted by atomic mass is 32.1. The quantitative estimate of drug-likeness (QED) is 0.388. The topological polar surface area (TPSA) is 61.8 Å². The molecule has 2 aromatic rings. The number of carbonyl (C=O) groups is 2. The molecule has 1 aromatic heterocycles. The van der Waals surface area contributed by atoms with Gasteiger partial charge in [-0.25, -0.2) is 9.59 Å². The maximum atomic E-state index is 11.4. The summed E-state index contributed by atoms with van der Waals surface area (Å²) in [7, 11) is 0. The van der Waals surface area contributed by atoms with E-state index in [4.69, 9.17) is 14.2 Å². The Labute approximate surface area is 156 Å². The first-order valence-electron chi connectivity index (χ1n) is 7.84. The van der Waals surface area contributed by atoms with Crippen molar-refractivity contribution >= 4 is 23.3 Å². The van der Waals surface area contributed by atoms with Crippen molar-refractivity contribution in [1.29, 1.82) is 0 Å². The van der Waals surface area contributed by atoms with Crippen LogP contribution in [0.15, 0.2) is 60.7 Å². The van der Waals surface area contributed by atoms with Crippen molar-refractivity contribution in [1.82, 2.24) is 0 Å². The maximum absolute atomic E-state index is 11.4. The fraction of sp³-hybridized carbons (Fsp3) is 0.200. The summed E-state index contributed by atoms with van der Waals surface area (Å²) in [5.74, 6) is -0.288. The number of benzene rings is 1. The molecule has 6 heteroatoms. The number of hydrogen-bond donors (Lipinski definition) is 0. The molecule has 0 unspecified atom stereocenters. The third kappa shape index (κ3) is 5.60. The summed E-state index contributed by atoms with van der Waals surface area (Å²) < 4.78 is 15.4. The van der Waals surface area contributed by atoms with Gasteiger partial charge in [0, 0.05) is 20.9 Å². The lowest BCUT2D eigenvalue weighted by Gasteiger charge is -2.07. The molecule has 0 saturated heterocycles. The summed E-state index contributed by atoms with van der Waals surface area (Å²) >= 11 is 1.54. The Hall–Kier alpha value is -2.86. The molecule has 0 spiro atoms. The molecule has 1 heterocycles. The molecule has 0 N–H and O–H groups in total. The number of hydrogen-bond acceptors (Lipinski definition) is 6. The Morgan fingerprint density at radius 3 is 2.15 bits per heavy atom. The highest BCUT2D eigenvalue weighted by Crippen LogP contribution is 2.30. The van der Waals surface area contributed by atoms with Crippen molar-refractivity contribution in [2.24, 2.45) is 0 Å². The molecule has 5 nitrogen and oxygen atoms in total. The van der Waals surface area contributed by atoms with Crippen molar-refractivity contribution in [3.05, 3.63) is 65.6 Å². The second kappa shape index (κ2) is 9.01. The van der Waals surface area contributed by atoms with E-state index >= 15 is 0 Å². The smallest absolute Gasteiger partial charge is 0.335 e. The Balaban J connectivity index is 1.90. The lowest BCUT2D eigenvalue weighted by atomic mass is 10.2. The van der Waals surface area contributed by atoms with Crippen LogP contribution in [0.4, 0.5) is 0 Å². The zero-order valence-corrected chi connectivity index (χ0v) is 15.6. The van der Waals surface area contributed by atoms with Crippen molar-refractivity contribution in [2.45, 2.75) is 20.5 Å². The first kappa shape index (κ1) is 19.5. The van der Waals surface area contributed by atoms with Crippen LogP contribution in [0.1, 0.15) is 18.7 Å². The Morgan fingerprint density at radius 2 is 1.54 bits per heavy atom. The second-order valence-corrected chi connectivity index (χ2v) is 6.79. The molecule has 2 rings (SSSR count). The van der Waals surface area contributed by atoms with Crippen molar-refractivity contribution in [3.8, 4) is 16.2 Å². The standard InChI is InChI=1S/C20H20O5S/c1-13(2)19(21)23-11-17-9-10-18(26-17)15-5-7-16(8-6-15)24-12-25-20(22)14(3)4/h5-10H,1,3,11-12H2,2,4H3. The zero-order valence-electron chi connectivity index (χ0n) is 14.7. The largest absolute Gasteiger partial charge is 0.457 e. The summed E-state index contributed by atoms with van der Waals surface area (Å²) in [6, 6.07) is 11.3. The van der Waals surface area contributed by atoms with Crippen LogP contribution in [0, 0.1) is 0 Å². The Morgan fingerprint density at radius 1 is 0.923 bits per heavy atom. The van der Waals surface area contributed by atoms with Crippen LogP contribution >= 0.6 is 11.3 Å². The van der Waals surface area contributed by atoms with Gasteiger partial charge in [-0.3, -0.25) is 0 Å². The Bertz CT molecular complexity index is 817. The van der Waals surface area contributed by atoms with Gasteiger partial charge in [-0.05, 0) is 55.8 Å². The minimum Gasteiger partial charge on any atom is -0.457 e. The molecule has 0 atom stereocenters. The fourth-order valence-corrected chi connectivity index (χ4v) is 2.79. The van der Waals surface area contributed by atoms with Gasteiger partial charge in [-0.15, -0.1) is 11.3 Å². The van der Waals surface area contributed by atoms with Gasteiger partial charge >= 0.3 is 11.9 Å². The molecule has 136 valence electrons. The predicted molar refractivity (Wildman–Crippen MR) is 101 cm³/mol. The summed E-state index contributed by atoms with van der Waals surface area (Å²) in [5, 5.41) is 0. The van der Waals surface area contributed by atoms with E-state index in [1.807, 2.05) is 24.3 Å². The molecule has 0 amide bonds. The van der Waals surface area contributed by atoms with Crippen molar-refractivity contribution < 1.29 is 23.8 Å². The lowest BCUT2D eigenvalue weighted by molar-refractivity contribution is -0.145. The van der Waals surface area contributed by atoms with Gasteiger partial charge in [-0.2, -0.15) is 0 Å². The van der Waals surface area contributed by atoms with Crippen molar-refractivity contribution in [3.63, 3.8) is 0 Å². The second-order valence-electron chi connectivity index (χ2n) is 5.62. The molecule has 0 saturated carbocycles. The van der Waals surface area contributed by atoms with Crippen LogP contribution in [0.25, 0.3) is 10.4 Å². The van der Waals surface area contributed by atoms with E-state index in [0.29, 0.717) is 16.9 Å². The number of thiophene rings is 1. The lowest BCUT2D eigenvalue weighted by Crippen LogP contribution is -2.10. The van der Waals surface area contributed by atoms with Gasteiger partial charge in [-0.1, -0.05) is 13.2 Å². The van der Waals surface area contributed by atoms with Gasteiger partial charge in [0.25, 0.3) is 0 Å². The molecule has 0 bridgehead atoms. The number of ether oxygens (including phenoxy) is 3. The summed E-state index contributed by atoms with van der Waals surface area (Å²) in [4.78, 5) is 24.7. The maximum Gasteiger partial charge on any atom is 0.335 e. The van der Waals surface area contributed by atoms with Gasteiger partial charge < -0.3 is 14.2 Å². The average Bonchev–Trinajstić information content (AvgIpc) is 3.08. The van der Waals surface area contributed by atoms with Crippen LogP contribution in [-0.4, -0.2) is 18.7 Å². The van der Waals surface area contributed by atoms with Crippen molar-refractivity contribution in [2.75, 3.05) is 6.79 Å². The molecule has 0 aliphatic heterocycles. The number of carbonyl (C=O) groups excluding carboxylic acids is 2. The van der Waals surface area contributed by atoms with Crippen LogP contribution in [-0.2, 0) is 25.7 Å². The van der Waals surface area contributed by atoms with E-state index in [1.54, 1.807) is 37.3 Å². The van der Waals surface area contributed by atoms with Crippen LogP contribution < -0.4 is 4.74 Å². The molecule has 0 aliphatic carbocycles. The van der Waals surface area contributed by atoms with Crippen LogP contribution in [0.3, 0.4) is 0 Å². The van der Waals surface area contributed by atoms with Gasteiger partial charge in [0.1, 0.15) is 12.4 Å². The minimum absolute atomic E-state index is 0.164. The summed E-state index contributed by atoms with van der Waals surface area (Å²) in [5.41, 5.74) is 1.72. The summed E-state index contributed by atoms with van der Waals surface area (Å²) in [6.07, 6.45) is 0. The minimum atomic E-state index is -0.486. The van der Waals surface area contributed by atoms with Gasteiger partial charge in [0.05, 0.1) is 0 Å². The molecule has 26 heavy (non-hydrogen) atoms. The van der Waals surface area contributed by atoms with Crippen LogP contribution in [0.2, 0.25) is 0 Å². The van der Waals surface area contributed by atoms with E-state index < -0.39 is 11.9 Å². The highest BCUT2D eigenvalue weighted by molar-refractivity contribution is 7.15. The van der Waals surface area contributed by atoms with E-state index in [-0.39, 0.29) is 13.4 Å². The van der Waals surface area contributed by atoms with E-state index in [0.717, 1.165) is 15.3 Å². The zero-order chi connectivity index (χ0) is 19.1. The molecule has 0 aliphatic rings. The van der Waals surface area contributed by atoms with Gasteiger partial charge in [0.15, 0.2) is 0 Å². The SMILES string of the molecule is C=C(C)C(=O)OCOc1ccc(-c2ccc(COC(=O)C(=C)C)s2)cc1. The monoisotopic (exact) mass is 372 g/mol. The first-order valence-corrected chi connectivity index (χ1v) is 8.65. The number of esters is 2. The molecular formula is C20H20O5S. The fourth-order valence-electron chi connectivity index (χ4n) is 1.86. The van der Waals surface area contributed by atoms with E-state index in [2.05, 4.69) is 13.2 Å². The third-order valence-corrected chi connectivity index (χ3v) is 4.37. The normalized spacial score (nSPS) is 10.1. The first-order chi connectivity index (χ1) is 12.4. The third-order valence-electron chi connectivity index (χ3n) is 3.26. The average molecular weight is 372 g/mol. The molecule has 0 fully saturated rings. The predicted octanol–water partition coefficient (Wildman–Crippen LogP) is 4.49. The Kier molecular flexibility index (Phi) is 6.74. The molecule has 1 aromatic carbocycles. The number of rotatable bonds is 8. The van der Waals surface area contributed by atoms with E-state index in [9.17, 15) is 9.59 Å². The summed E-state index contributed by atoms with van der Waals surface area (Å²) in [6.45, 7) is 10.3. The molecule has 0 radical (unpaired) electrons.